The lowest BCUT2D eigenvalue weighted by Crippen LogP contribution is -2.48. The van der Waals surface area contributed by atoms with Crippen LogP contribution in [0.1, 0.15) is 39.5 Å². The Kier molecular flexibility index (Phi) is 5.58. The monoisotopic (exact) mass is 214 g/mol. The van der Waals surface area contributed by atoms with Gasteiger partial charge in [-0.05, 0) is 45.8 Å². The van der Waals surface area contributed by atoms with Gasteiger partial charge in [0.25, 0.3) is 0 Å². The Hall–Kier alpha value is -0.120. The molecule has 1 atom stereocenters. The fourth-order valence-corrected chi connectivity index (χ4v) is 2.39. The van der Waals surface area contributed by atoms with Crippen molar-refractivity contribution in [3.8, 4) is 0 Å². The molecule has 0 radical (unpaired) electrons. The van der Waals surface area contributed by atoms with Crippen LogP contribution in [0.25, 0.3) is 0 Å². The first-order valence-electron chi connectivity index (χ1n) is 6.31. The molecule has 90 valence electrons. The maximum Gasteiger partial charge on any atom is 0.107 e. The van der Waals surface area contributed by atoms with Gasteiger partial charge in [-0.25, -0.2) is 0 Å². The average Bonchev–Trinajstić information content (AvgIpc) is 2.26. The van der Waals surface area contributed by atoms with Crippen LogP contribution in [0.5, 0.6) is 0 Å². The molecule has 1 aliphatic heterocycles. The molecule has 1 N–H and O–H groups in total. The van der Waals surface area contributed by atoms with Crippen molar-refractivity contribution < 1.29 is 5.11 Å². The molecule has 0 bridgehead atoms. The van der Waals surface area contributed by atoms with Gasteiger partial charge in [-0.15, -0.1) is 0 Å². The second-order valence-electron chi connectivity index (χ2n) is 4.66. The fourth-order valence-electron chi connectivity index (χ4n) is 2.39. The highest BCUT2D eigenvalue weighted by atomic mass is 16.3. The van der Waals surface area contributed by atoms with Crippen LogP contribution in [0.3, 0.4) is 0 Å². The third kappa shape index (κ3) is 3.74. The molecule has 1 unspecified atom stereocenters. The summed E-state index contributed by atoms with van der Waals surface area (Å²) in [5.41, 5.74) is 0. The van der Waals surface area contributed by atoms with E-state index in [9.17, 15) is 5.11 Å². The molecule has 0 aliphatic carbocycles. The molecule has 0 amide bonds. The minimum atomic E-state index is -0.238. The molecule has 15 heavy (non-hydrogen) atoms. The van der Waals surface area contributed by atoms with Gasteiger partial charge in [-0.1, -0.05) is 13.8 Å². The maximum absolute atomic E-state index is 9.98. The third-order valence-electron chi connectivity index (χ3n) is 3.39. The Morgan fingerprint density at radius 1 is 1.33 bits per heavy atom. The number of rotatable bonds is 5. The van der Waals surface area contributed by atoms with Gasteiger partial charge in [-0.2, -0.15) is 0 Å². The molecule has 0 aromatic heterocycles. The summed E-state index contributed by atoms with van der Waals surface area (Å²) in [6, 6.07) is 0.594. The van der Waals surface area contributed by atoms with Gasteiger partial charge >= 0.3 is 0 Å². The number of nitrogens with zero attached hydrogens (tertiary/aromatic N) is 2. The fraction of sp³-hybridized carbons (Fsp3) is 1.00. The molecule has 3 heteroatoms. The highest BCUT2D eigenvalue weighted by molar-refractivity contribution is 4.79. The van der Waals surface area contributed by atoms with Gasteiger partial charge in [0, 0.05) is 12.6 Å². The SMILES string of the molecule is CCCN(C(O)CC)C1CCN(C)CC1. The molecular formula is C12H26N2O. The molecule has 1 saturated heterocycles. The lowest BCUT2D eigenvalue weighted by molar-refractivity contribution is -0.0414. The number of piperidine rings is 1. The van der Waals surface area contributed by atoms with Crippen molar-refractivity contribution in [2.75, 3.05) is 26.7 Å². The number of hydrogen-bond donors (Lipinski definition) is 1. The van der Waals surface area contributed by atoms with Crippen LogP contribution in [0.2, 0.25) is 0 Å². The van der Waals surface area contributed by atoms with E-state index in [0.29, 0.717) is 6.04 Å². The van der Waals surface area contributed by atoms with Crippen molar-refractivity contribution >= 4 is 0 Å². The molecule has 0 aromatic carbocycles. The van der Waals surface area contributed by atoms with E-state index in [4.69, 9.17) is 0 Å². The van der Waals surface area contributed by atoms with E-state index in [1.54, 1.807) is 0 Å². The van der Waals surface area contributed by atoms with Crippen molar-refractivity contribution in [1.82, 2.24) is 9.80 Å². The zero-order valence-electron chi connectivity index (χ0n) is 10.4. The van der Waals surface area contributed by atoms with Gasteiger partial charge in [0.2, 0.25) is 0 Å². The second-order valence-corrected chi connectivity index (χ2v) is 4.66. The first-order valence-corrected chi connectivity index (χ1v) is 6.31. The van der Waals surface area contributed by atoms with E-state index >= 15 is 0 Å². The van der Waals surface area contributed by atoms with Gasteiger partial charge < -0.3 is 10.0 Å². The molecule has 1 fully saturated rings. The Morgan fingerprint density at radius 3 is 2.40 bits per heavy atom. The second kappa shape index (κ2) is 6.46. The van der Waals surface area contributed by atoms with Crippen LogP contribution in [0.4, 0.5) is 0 Å². The Morgan fingerprint density at radius 2 is 1.93 bits per heavy atom. The van der Waals surface area contributed by atoms with E-state index in [1.807, 2.05) is 0 Å². The minimum Gasteiger partial charge on any atom is -0.378 e. The van der Waals surface area contributed by atoms with E-state index in [2.05, 4.69) is 30.7 Å². The predicted molar refractivity (Wildman–Crippen MR) is 63.8 cm³/mol. The molecule has 0 aromatic rings. The molecule has 1 heterocycles. The summed E-state index contributed by atoms with van der Waals surface area (Å²) in [4.78, 5) is 4.67. The Balaban J connectivity index is 2.47. The van der Waals surface area contributed by atoms with E-state index in [0.717, 1.165) is 19.4 Å². The van der Waals surface area contributed by atoms with Crippen LogP contribution >= 0.6 is 0 Å². The number of aliphatic hydroxyl groups is 1. The highest BCUT2D eigenvalue weighted by Gasteiger charge is 2.26. The predicted octanol–water partition coefficient (Wildman–Crippen LogP) is 1.52. The topological polar surface area (TPSA) is 26.7 Å². The van der Waals surface area contributed by atoms with Crippen LogP contribution in [-0.2, 0) is 0 Å². The Labute approximate surface area is 94.1 Å². The Bertz CT molecular complexity index is 167. The molecular weight excluding hydrogens is 188 g/mol. The average molecular weight is 214 g/mol. The van der Waals surface area contributed by atoms with Crippen molar-refractivity contribution in [1.29, 1.82) is 0 Å². The first-order chi connectivity index (χ1) is 7.19. The number of aliphatic hydroxyl groups excluding tert-OH is 1. The summed E-state index contributed by atoms with van der Waals surface area (Å²) >= 11 is 0. The molecule has 3 nitrogen and oxygen atoms in total. The van der Waals surface area contributed by atoms with Crippen molar-refractivity contribution in [2.45, 2.75) is 51.8 Å². The van der Waals surface area contributed by atoms with Crippen LogP contribution in [-0.4, -0.2) is 53.9 Å². The lowest BCUT2D eigenvalue weighted by atomic mass is 10.0. The normalized spacial score (nSPS) is 22.2. The zero-order valence-corrected chi connectivity index (χ0v) is 10.4. The third-order valence-corrected chi connectivity index (χ3v) is 3.39. The summed E-state index contributed by atoms with van der Waals surface area (Å²) in [7, 11) is 2.18. The molecule has 0 saturated carbocycles. The van der Waals surface area contributed by atoms with Gasteiger partial charge in [0.15, 0.2) is 0 Å². The van der Waals surface area contributed by atoms with Crippen LogP contribution in [0.15, 0.2) is 0 Å². The maximum atomic E-state index is 9.98. The summed E-state index contributed by atoms with van der Waals surface area (Å²) in [6.07, 6.45) is 4.13. The van der Waals surface area contributed by atoms with Crippen molar-refractivity contribution in [2.24, 2.45) is 0 Å². The summed E-state index contributed by atoms with van der Waals surface area (Å²) in [5, 5.41) is 9.98. The van der Waals surface area contributed by atoms with E-state index in [-0.39, 0.29) is 6.23 Å². The molecule has 1 rings (SSSR count). The van der Waals surface area contributed by atoms with E-state index < -0.39 is 0 Å². The summed E-state index contributed by atoms with van der Waals surface area (Å²) in [5.74, 6) is 0. The summed E-state index contributed by atoms with van der Waals surface area (Å²) in [6.45, 7) is 7.61. The van der Waals surface area contributed by atoms with Crippen LogP contribution < -0.4 is 0 Å². The standard InChI is InChI=1S/C12H26N2O/c1-4-8-14(12(15)5-2)11-6-9-13(3)10-7-11/h11-12,15H,4-10H2,1-3H3. The van der Waals surface area contributed by atoms with Gasteiger partial charge in [0.1, 0.15) is 6.23 Å². The first kappa shape index (κ1) is 12.9. The van der Waals surface area contributed by atoms with Gasteiger partial charge in [0.05, 0.1) is 0 Å². The summed E-state index contributed by atoms with van der Waals surface area (Å²) < 4.78 is 0. The largest absolute Gasteiger partial charge is 0.378 e. The highest BCUT2D eigenvalue weighted by Crippen LogP contribution is 2.18. The molecule has 0 spiro atoms. The minimum absolute atomic E-state index is 0.238. The van der Waals surface area contributed by atoms with Crippen molar-refractivity contribution in [3.05, 3.63) is 0 Å². The van der Waals surface area contributed by atoms with Gasteiger partial charge in [-0.3, -0.25) is 4.90 Å². The van der Waals surface area contributed by atoms with Crippen LogP contribution in [0, 0.1) is 0 Å². The smallest absolute Gasteiger partial charge is 0.107 e. The molecule has 1 aliphatic rings. The van der Waals surface area contributed by atoms with Crippen molar-refractivity contribution in [3.63, 3.8) is 0 Å². The quantitative estimate of drug-likeness (QED) is 0.703. The number of likely N-dealkylation sites (tertiary alicyclic amines) is 1. The van der Waals surface area contributed by atoms with E-state index in [1.165, 1.54) is 25.9 Å². The zero-order chi connectivity index (χ0) is 11.3. The lowest BCUT2D eigenvalue weighted by Gasteiger charge is -2.39. The number of hydrogen-bond acceptors (Lipinski definition) is 3.